The summed E-state index contributed by atoms with van der Waals surface area (Å²) in [4.78, 5) is 4.30. The van der Waals surface area contributed by atoms with E-state index in [0.29, 0.717) is 0 Å². The van der Waals surface area contributed by atoms with Crippen LogP contribution in [0.15, 0.2) is 17.4 Å². The van der Waals surface area contributed by atoms with Gasteiger partial charge in [-0.3, -0.25) is 9.67 Å². The summed E-state index contributed by atoms with van der Waals surface area (Å²) in [7, 11) is 3.78. The van der Waals surface area contributed by atoms with E-state index in [1.807, 2.05) is 25.0 Å². The predicted molar refractivity (Wildman–Crippen MR) is 92.0 cm³/mol. The second-order valence-corrected chi connectivity index (χ2v) is 6.62. The summed E-state index contributed by atoms with van der Waals surface area (Å²) in [6, 6.07) is 0. The molecule has 0 bridgehead atoms. The second kappa shape index (κ2) is 8.81. The van der Waals surface area contributed by atoms with Crippen LogP contribution in [0.1, 0.15) is 44.6 Å². The number of hydrogen-bond donors (Lipinski definition) is 2. The average molecular weight is 305 g/mol. The first-order valence-corrected chi connectivity index (χ1v) is 8.59. The minimum Gasteiger partial charge on any atom is -0.356 e. The van der Waals surface area contributed by atoms with E-state index in [0.717, 1.165) is 37.3 Å². The third-order valence-electron chi connectivity index (χ3n) is 4.58. The zero-order chi connectivity index (χ0) is 15.8. The number of aliphatic imine (C=N–C) groups is 1. The summed E-state index contributed by atoms with van der Waals surface area (Å²) >= 11 is 0. The van der Waals surface area contributed by atoms with E-state index in [2.05, 4.69) is 33.8 Å². The smallest absolute Gasteiger partial charge is 0.190 e. The maximum Gasteiger partial charge on any atom is 0.190 e. The van der Waals surface area contributed by atoms with Crippen LogP contribution >= 0.6 is 0 Å². The molecule has 1 fully saturated rings. The van der Waals surface area contributed by atoms with Crippen LogP contribution in [0.25, 0.3) is 0 Å². The Morgan fingerprint density at radius 1 is 1.36 bits per heavy atom. The van der Waals surface area contributed by atoms with Gasteiger partial charge in [0.05, 0.1) is 6.20 Å². The molecule has 1 aromatic heterocycles. The molecule has 0 saturated heterocycles. The summed E-state index contributed by atoms with van der Waals surface area (Å²) in [5, 5.41) is 11.0. The van der Waals surface area contributed by atoms with Gasteiger partial charge in [0.1, 0.15) is 0 Å². The normalized spacial score (nSPS) is 22.6. The lowest BCUT2D eigenvalue weighted by atomic mass is 9.81. The number of aryl methyl sites for hydroxylation is 1. The van der Waals surface area contributed by atoms with Crippen molar-refractivity contribution in [1.29, 1.82) is 0 Å². The molecule has 1 aliphatic carbocycles. The zero-order valence-electron chi connectivity index (χ0n) is 14.3. The first kappa shape index (κ1) is 16.8. The lowest BCUT2D eigenvalue weighted by Crippen LogP contribution is -2.39. The molecule has 0 spiro atoms. The molecule has 0 aliphatic heterocycles. The second-order valence-electron chi connectivity index (χ2n) is 6.62. The first-order chi connectivity index (χ1) is 10.7. The molecule has 0 aromatic carbocycles. The van der Waals surface area contributed by atoms with Crippen molar-refractivity contribution in [2.24, 2.45) is 23.9 Å². The Kier molecular flexibility index (Phi) is 6.74. The van der Waals surface area contributed by atoms with Crippen LogP contribution in [0.5, 0.6) is 0 Å². The molecule has 2 rings (SSSR count). The van der Waals surface area contributed by atoms with Crippen molar-refractivity contribution in [2.45, 2.75) is 45.4 Å². The van der Waals surface area contributed by atoms with Crippen LogP contribution < -0.4 is 10.6 Å². The van der Waals surface area contributed by atoms with Gasteiger partial charge < -0.3 is 10.6 Å². The fourth-order valence-electron chi connectivity index (χ4n) is 3.36. The highest BCUT2D eigenvalue weighted by Gasteiger charge is 2.18. The van der Waals surface area contributed by atoms with Crippen LogP contribution in [0.2, 0.25) is 0 Å². The average Bonchev–Trinajstić information content (AvgIpc) is 2.91. The Morgan fingerprint density at radius 2 is 2.18 bits per heavy atom. The van der Waals surface area contributed by atoms with Crippen molar-refractivity contribution >= 4 is 5.96 Å². The topological polar surface area (TPSA) is 54.2 Å². The molecule has 0 amide bonds. The summed E-state index contributed by atoms with van der Waals surface area (Å²) in [6.07, 6.45) is 11.8. The largest absolute Gasteiger partial charge is 0.356 e. The van der Waals surface area contributed by atoms with Gasteiger partial charge in [-0.05, 0) is 36.7 Å². The Morgan fingerprint density at radius 3 is 2.86 bits per heavy atom. The molecule has 5 nitrogen and oxygen atoms in total. The SMILES string of the molecule is CN=C(NCCc1cnn(C)c1)NCCC1CCCC(C)C1. The number of guanidine groups is 1. The minimum atomic E-state index is 0.881. The van der Waals surface area contributed by atoms with E-state index in [1.165, 1.54) is 37.7 Å². The van der Waals surface area contributed by atoms with Crippen LogP contribution in [0.3, 0.4) is 0 Å². The van der Waals surface area contributed by atoms with Gasteiger partial charge in [-0.1, -0.05) is 26.2 Å². The molecule has 5 heteroatoms. The molecule has 1 aromatic rings. The summed E-state index contributed by atoms with van der Waals surface area (Å²) < 4.78 is 1.84. The molecular weight excluding hydrogens is 274 g/mol. The number of nitrogens with zero attached hydrogens (tertiary/aromatic N) is 3. The summed E-state index contributed by atoms with van der Waals surface area (Å²) in [6.45, 7) is 4.29. The maximum atomic E-state index is 4.30. The van der Waals surface area contributed by atoms with Gasteiger partial charge in [0, 0.05) is 33.4 Å². The summed E-state index contributed by atoms with van der Waals surface area (Å²) in [5.41, 5.74) is 1.25. The van der Waals surface area contributed by atoms with E-state index in [9.17, 15) is 0 Å². The molecule has 1 aliphatic rings. The van der Waals surface area contributed by atoms with Crippen molar-refractivity contribution in [3.8, 4) is 0 Å². The fourth-order valence-corrected chi connectivity index (χ4v) is 3.36. The number of rotatable bonds is 6. The van der Waals surface area contributed by atoms with E-state index in [1.54, 1.807) is 0 Å². The van der Waals surface area contributed by atoms with Crippen molar-refractivity contribution in [1.82, 2.24) is 20.4 Å². The van der Waals surface area contributed by atoms with Crippen molar-refractivity contribution in [2.75, 3.05) is 20.1 Å². The van der Waals surface area contributed by atoms with Gasteiger partial charge in [-0.2, -0.15) is 5.10 Å². The van der Waals surface area contributed by atoms with Gasteiger partial charge in [0.25, 0.3) is 0 Å². The lowest BCUT2D eigenvalue weighted by molar-refractivity contribution is 0.270. The van der Waals surface area contributed by atoms with Gasteiger partial charge >= 0.3 is 0 Å². The number of nitrogens with one attached hydrogen (secondary N) is 2. The highest BCUT2D eigenvalue weighted by atomic mass is 15.2. The van der Waals surface area contributed by atoms with Crippen LogP contribution in [0.4, 0.5) is 0 Å². The maximum absolute atomic E-state index is 4.30. The predicted octanol–water partition coefficient (Wildman–Crippen LogP) is 2.34. The monoisotopic (exact) mass is 305 g/mol. The van der Waals surface area contributed by atoms with Gasteiger partial charge in [0.15, 0.2) is 5.96 Å². The van der Waals surface area contributed by atoms with Crippen molar-refractivity contribution in [3.63, 3.8) is 0 Å². The number of hydrogen-bond acceptors (Lipinski definition) is 2. The molecule has 124 valence electrons. The minimum absolute atomic E-state index is 0.881. The molecule has 2 unspecified atom stereocenters. The van der Waals surface area contributed by atoms with E-state index in [-0.39, 0.29) is 0 Å². The van der Waals surface area contributed by atoms with Crippen molar-refractivity contribution < 1.29 is 0 Å². The third kappa shape index (κ3) is 5.70. The quantitative estimate of drug-likeness (QED) is 0.626. The molecule has 2 N–H and O–H groups in total. The van der Waals surface area contributed by atoms with E-state index < -0.39 is 0 Å². The fraction of sp³-hybridized carbons (Fsp3) is 0.765. The third-order valence-corrected chi connectivity index (χ3v) is 4.58. The molecule has 22 heavy (non-hydrogen) atoms. The molecular formula is C17H31N5. The molecule has 0 radical (unpaired) electrons. The highest BCUT2D eigenvalue weighted by Crippen LogP contribution is 2.30. The zero-order valence-corrected chi connectivity index (χ0v) is 14.3. The van der Waals surface area contributed by atoms with Gasteiger partial charge in [-0.25, -0.2) is 0 Å². The van der Waals surface area contributed by atoms with Crippen molar-refractivity contribution in [3.05, 3.63) is 18.0 Å². The lowest BCUT2D eigenvalue weighted by Gasteiger charge is -2.26. The number of aromatic nitrogens is 2. The van der Waals surface area contributed by atoms with Gasteiger partial charge in [-0.15, -0.1) is 0 Å². The highest BCUT2D eigenvalue weighted by molar-refractivity contribution is 5.79. The summed E-state index contributed by atoms with van der Waals surface area (Å²) in [5.74, 6) is 2.72. The van der Waals surface area contributed by atoms with E-state index >= 15 is 0 Å². The van der Waals surface area contributed by atoms with Gasteiger partial charge in [0.2, 0.25) is 0 Å². The Labute approximate surface area is 134 Å². The molecule has 2 atom stereocenters. The molecule has 1 heterocycles. The van der Waals surface area contributed by atoms with Crippen LogP contribution in [-0.4, -0.2) is 35.9 Å². The van der Waals surface area contributed by atoms with Crippen LogP contribution in [0, 0.1) is 11.8 Å². The molecule has 1 saturated carbocycles. The first-order valence-electron chi connectivity index (χ1n) is 8.59. The van der Waals surface area contributed by atoms with E-state index in [4.69, 9.17) is 0 Å². The Balaban J connectivity index is 1.60. The van der Waals surface area contributed by atoms with Crippen LogP contribution in [-0.2, 0) is 13.5 Å². The Bertz CT molecular complexity index is 465. The Hall–Kier alpha value is -1.52. The standard InChI is InChI=1S/C17H31N5/c1-14-5-4-6-15(11-14)7-9-19-17(18-2)20-10-8-16-12-21-22(3)13-16/h12-15H,4-11H2,1-3H3,(H2,18,19,20).